The van der Waals surface area contributed by atoms with E-state index in [0.29, 0.717) is 6.61 Å². The number of ether oxygens (including phenoxy) is 1. The molecule has 0 saturated heterocycles. The average molecular weight is 234 g/mol. The Bertz CT molecular complexity index is 330. The molecule has 0 aromatic heterocycles. The van der Waals surface area contributed by atoms with Crippen molar-refractivity contribution in [3.63, 3.8) is 0 Å². The molecule has 0 bridgehead atoms. The van der Waals surface area contributed by atoms with Crippen LogP contribution in [0.3, 0.4) is 0 Å². The molecule has 2 rings (SSSR count). The highest BCUT2D eigenvalue weighted by molar-refractivity contribution is 6.31. The summed E-state index contributed by atoms with van der Waals surface area (Å²) < 4.78 is 5.49. The Morgan fingerprint density at radius 1 is 1.50 bits per heavy atom. The number of rotatable bonds is 0. The van der Waals surface area contributed by atoms with Gasteiger partial charge in [-0.2, -0.15) is 0 Å². The molecule has 0 saturated carbocycles. The van der Waals surface area contributed by atoms with Gasteiger partial charge in [0, 0.05) is 10.6 Å². The first kappa shape index (κ1) is 11.8. The molecule has 78 valence electrons. The molecular formula is C10H13Cl2NO. The first-order chi connectivity index (χ1) is 6.20. The van der Waals surface area contributed by atoms with E-state index in [1.807, 2.05) is 25.1 Å². The second-order valence-corrected chi connectivity index (χ2v) is 3.76. The van der Waals surface area contributed by atoms with Crippen LogP contribution in [0.25, 0.3) is 0 Å². The van der Waals surface area contributed by atoms with Gasteiger partial charge in [-0.25, -0.2) is 0 Å². The van der Waals surface area contributed by atoms with E-state index < -0.39 is 0 Å². The molecule has 0 fully saturated rings. The summed E-state index contributed by atoms with van der Waals surface area (Å²) in [5.41, 5.74) is 8.13. The lowest BCUT2D eigenvalue weighted by atomic mass is 9.95. The smallest absolute Gasteiger partial charge is 0.0744 e. The van der Waals surface area contributed by atoms with Crippen molar-refractivity contribution in [2.45, 2.75) is 25.7 Å². The van der Waals surface area contributed by atoms with E-state index in [9.17, 15) is 0 Å². The second-order valence-electron chi connectivity index (χ2n) is 3.35. The number of halogens is 2. The maximum absolute atomic E-state index is 6.02. The van der Waals surface area contributed by atoms with Crippen LogP contribution < -0.4 is 5.73 Å². The Balaban J connectivity index is 0.000000980. The molecule has 14 heavy (non-hydrogen) atoms. The summed E-state index contributed by atoms with van der Waals surface area (Å²) in [7, 11) is 0. The van der Waals surface area contributed by atoms with Crippen LogP contribution in [0, 0.1) is 0 Å². The van der Waals surface area contributed by atoms with Crippen molar-refractivity contribution in [2.24, 2.45) is 5.73 Å². The average Bonchev–Trinajstić information content (AvgIpc) is 2.12. The fourth-order valence-corrected chi connectivity index (χ4v) is 1.85. The number of hydrogen-bond donors (Lipinski definition) is 1. The summed E-state index contributed by atoms with van der Waals surface area (Å²) in [6.07, 6.45) is 0.0750. The number of fused-ring (bicyclic) bond motifs is 1. The molecule has 0 radical (unpaired) electrons. The lowest BCUT2D eigenvalue weighted by Gasteiger charge is -2.29. The van der Waals surface area contributed by atoms with E-state index in [-0.39, 0.29) is 24.6 Å². The largest absolute Gasteiger partial charge is 0.372 e. The van der Waals surface area contributed by atoms with Crippen LogP contribution in [0.15, 0.2) is 18.2 Å². The van der Waals surface area contributed by atoms with Crippen molar-refractivity contribution < 1.29 is 4.74 Å². The lowest BCUT2D eigenvalue weighted by molar-refractivity contribution is 0.0214. The van der Waals surface area contributed by atoms with Gasteiger partial charge < -0.3 is 10.5 Å². The van der Waals surface area contributed by atoms with Crippen molar-refractivity contribution in [1.29, 1.82) is 0 Å². The quantitative estimate of drug-likeness (QED) is 0.748. The minimum absolute atomic E-state index is 0. The van der Waals surface area contributed by atoms with Gasteiger partial charge in [-0.3, -0.25) is 0 Å². The maximum Gasteiger partial charge on any atom is 0.0744 e. The Morgan fingerprint density at radius 2 is 2.21 bits per heavy atom. The number of benzene rings is 1. The highest BCUT2D eigenvalue weighted by atomic mass is 35.5. The molecule has 0 aliphatic carbocycles. The molecule has 2 atom stereocenters. The normalized spacial score (nSPS) is 25.1. The maximum atomic E-state index is 6.02. The molecule has 0 spiro atoms. The molecule has 1 aromatic carbocycles. The van der Waals surface area contributed by atoms with E-state index in [4.69, 9.17) is 22.1 Å². The Labute approximate surface area is 94.8 Å². The predicted octanol–water partition coefficient (Wildman–Crippen LogP) is 2.68. The third-order valence-electron chi connectivity index (χ3n) is 2.51. The Morgan fingerprint density at radius 3 is 2.93 bits per heavy atom. The second kappa shape index (κ2) is 4.49. The first-order valence-corrected chi connectivity index (χ1v) is 4.72. The van der Waals surface area contributed by atoms with Gasteiger partial charge in [0.2, 0.25) is 0 Å². The summed E-state index contributed by atoms with van der Waals surface area (Å²) in [4.78, 5) is 0. The lowest BCUT2D eigenvalue weighted by Crippen LogP contribution is -2.31. The first-order valence-electron chi connectivity index (χ1n) is 4.34. The zero-order chi connectivity index (χ0) is 9.42. The van der Waals surface area contributed by atoms with Gasteiger partial charge in [-0.15, -0.1) is 12.4 Å². The number of hydrogen-bond acceptors (Lipinski definition) is 2. The molecule has 2 N–H and O–H groups in total. The molecule has 4 heteroatoms. The minimum Gasteiger partial charge on any atom is -0.372 e. The molecule has 0 amide bonds. The highest BCUT2D eigenvalue weighted by Crippen LogP contribution is 2.31. The zero-order valence-corrected chi connectivity index (χ0v) is 9.44. The van der Waals surface area contributed by atoms with Gasteiger partial charge in [-0.05, 0) is 18.6 Å². The summed E-state index contributed by atoms with van der Waals surface area (Å²) in [5.74, 6) is 0. The number of nitrogens with two attached hydrogens (primary N) is 1. The third-order valence-corrected chi connectivity index (χ3v) is 2.86. The van der Waals surface area contributed by atoms with Crippen molar-refractivity contribution in [2.75, 3.05) is 0 Å². The molecule has 1 aliphatic rings. The van der Waals surface area contributed by atoms with Crippen molar-refractivity contribution in [3.8, 4) is 0 Å². The summed E-state index contributed by atoms with van der Waals surface area (Å²) in [6.45, 7) is 2.55. The monoisotopic (exact) mass is 233 g/mol. The summed E-state index contributed by atoms with van der Waals surface area (Å²) in [5, 5.41) is 0.750. The van der Waals surface area contributed by atoms with Gasteiger partial charge in [0.15, 0.2) is 0 Å². The van der Waals surface area contributed by atoms with Gasteiger partial charge in [-0.1, -0.05) is 23.7 Å². The minimum atomic E-state index is -0.0533. The van der Waals surface area contributed by atoms with Crippen LogP contribution in [0.5, 0.6) is 0 Å². The van der Waals surface area contributed by atoms with E-state index >= 15 is 0 Å². The van der Waals surface area contributed by atoms with E-state index in [2.05, 4.69) is 0 Å². The topological polar surface area (TPSA) is 35.2 Å². The molecule has 1 aromatic rings. The van der Waals surface area contributed by atoms with Crippen LogP contribution in [0.4, 0.5) is 0 Å². The Hall–Kier alpha value is -0.280. The molecule has 1 heterocycles. The van der Waals surface area contributed by atoms with Gasteiger partial charge in [0.05, 0.1) is 18.8 Å². The predicted molar refractivity (Wildman–Crippen MR) is 59.9 cm³/mol. The molecular weight excluding hydrogens is 221 g/mol. The van der Waals surface area contributed by atoms with Crippen molar-refractivity contribution >= 4 is 24.0 Å². The summed E-state index contributed by atoms with van der Waals surface area (Å²) >= 11 is 6.02. The molecule has 0 unspecified atom stereocenters. The van der Waals surface area contributed by atoms with Crippen molar-refractivity contribution in [1.82, 2.24) is 0 Å². The fourth-order valence-electron chi connectivity index (χ4n) is 1.61. The summed E-state index contributed by atoms with van der Waals surface area (Å²) in [6, 6.07) is 5.76. The van der Waals surface area contributed by atoms with Crippen molar-refractivity contribution in [3.05, 3.63) is 34.3 Å². The van der Waals surface area contributed by atoms with Gasteiger partial charge >= 0.3 is 0 Å². The zero-order valence-electron chi connectivity index (χ0n) is 7.87. The SMILES string of the molecule is C[C@@H]1OCc2c(Cl)cccc2[C@@H]1N.Cl. The highest BCUT2D eigenvalue weighted by Gasteiger charge is 2.24. The molecule has 1 aliphatic heterocycles. The standard InChI is InChI=1S/C10H12ClNO.ClH/c1-6-10(12)7-3-2-4-9(11)8(7)5-13-6;/h2-4,6,10H,5,12H2,1H3;1H/t6-,10+;/m0./s1. The van der Waals surface area contributed by atoms with Gasteiger partial charge in [0.25, 0.3) is 0 Å². The van der Waals surface area contributed by atoms with Crippen LogP contribution in [0.1, 0.15) is 24.1 Å². The van der Waals surface area contributed by atoms with Gasteiger partial charge in [0.1, 0.15) is 0 Å². The third kappa shape index (κ3) is 1.89. The van der Waals surface area contributed by atoms with E-state index in [1.165, 1.54) is 0 Å². The van der Waals surface area contributed by atoms with E-state index in [0.717, 1.165) is 16.1 Å². The van der Waals surface area contributed by atoms with E-state index in [1.54, 1.807) is 0 Å². The van der Waals surface area contributed by atoms with Crippen LogP contribution in [-0.4, -0.2) is 6.10 Å². The fraction of sp³-hybridized carbons (Fsp3) is 0.400. The van der Waals surface area contributed by atoms with Crippen LogP contribution >= 0.6 is 24.0 Å². The van der Waals surface area contributed by atoms with Crippen LogP contribution in [0.2, 0.25) is 5.02 Å². The van der Waals surface area contributed by atoms with Crippen LogP contribution in [-0.2, 0) is 11.3 Å². The Kier molecular flexibility index (Phi) is 3.78. The molecule has 2 nitrogen and oxygen atoms in total.